The molecule has 0 saturated carbocycles. The maximum Gasteiger partial charge on any atom is 0.225 e. The predicted octanol–water partition coefficient (Wildman–Crippen LogP) is 2.70. The summed E-state index contributed by atoms with van der Waals surface area (Å²) in [4.78, 5) is 31.7. The van der Waals surface area contributed by atoms with Crippen LogP contribution in [0.1, 0.15) is 33.6 Å². The van der Waals surface area contributed by atoms with Gasteiger partial charge >= 0.3 is 0 Å². The molecule has 0 spiro atoms. The molecule has 1 aliphatic rings. The van der Waals surface area contributed by atoms with Crippen LogP contribution >= 0.6 is 22.7 Å². The fraction of sp³-hybridized carbons (Fsp3) is 0.471. The molecular weight excluding hydrogens is 342 g/mol. The van der Waals surface area contributed by atoms with Crippen molar-refractivity contribution in [2.75, 3.05) is 13.6 Å². The molecule has 128 valence electrons. The number of hydrogen-bond donors (Lipinski definition) is 1. The van der Waals surface area contributed by atoms with Crippen molar-refractivity contribution in [3.8, 4) is 0 Å². The number of aromatic nitrogens is 1. The lowest BCUT2D eigenvalue weighted by Gasteiger charge is -2.18. The maximum atomic E-state index is 12.6. The molecule has 5 nitrogen and oxygen atoms in total. The van der Waals surface area contributed by atoms with E-state index in [-0.39, 0.29) is 23.8 Å². The Morgan fingerprint density at radius 2 is 2.29 bits per heavy atom. The van der Waals surface area contributed by atoms with E-state index in [9.17, 15) is 9.59 Å². The monoisotopic (exact) mass is 363 g/mol. The highest BCUT2D eigenvalue weighted by Crippen LogP contribution is 2.27. The summed E-state index contributed by atoms with van der Waals surface area (Å²) in [6.07, 6.45) is 1.02. The summed E-state index contributed by atoms with van der Waals surface area (Å²) in [5.41, 5.74) is 2.20. The van der Waals surface area contributed by atoms with Crippen molar-refractivity contribution in [3.05, 3.63) is 38.0 Å². The van der Waals surface area contributed by atoms with Crippen molar-refractivity contribution in [1.29, 1.82) is 0 Å². The first-order chi connectivity index (χ1) is 11.4. The normalized spacial score (nSPS) is 18.9. The minimum atomic E-state index is -0.269. The van der Waals surface area contributed by atoms with Crippen LogP contribution in [-0.4, -0.2) is 35.3 Å². The van der Waals surface area contributed by atoms with Crippen LogP contribution in [0.2, 0.25) is 0 Å². The Kier molecular flexibility index (Phi) is 5.01. The Morgan fingerprint density at radius 1 is 1.50 bits per heavy atom. The predicted molar refractivity (Wildman–Crippen MR) is 96.2 cm³/mol. The average molecular weight is 364 g/mol. The van der Waals surface area contributed by atoms with E-state index in [1.165, 1.54) is 10.4 Å². The zero-order chi connectivity index (χ0) is 17.3. The molecule has 2 aromatic heterocycles. The first-order valence-electron chi connectivity index (χ1n) is 7.93. The van der Waals surface area contributed by atoms with Gasteiger partial charge in [-0.1, -0.05) is 0 Å². The molecular formula is C17H21N3O2S2. The number of amides is 2. The minimum absolute atomic E-state index is 0.0328. The molecule has 2 aromatic rings. The number of nitrogens with one attached hydrogen (secondary N) is 1. The van der Waals surface area contributed by atoms with Crippen LogP contribution in [0.3, 0.4) is 0 Å². The molecule has 0 radical (unpaired) electrons. The van der Waals surface area contributed by atoms with Crippen molar-refractivity contribution >= 4 is 34.5 Å². The van der Waals surface area contributed by atoms with Gasteiger partial charge in [-0.05, 0) is 36.2 Å². The molecule has 0 aliphatic carbocycles. The Morgan fingerprint density at radius 3 is 2.83 bits per heavy atom. The summed E-state index contributed by atoms with van der Waals surface area (Å²) < 4.78 is 0. The largest absolute Gasteiger partial charge is 0.346 e. The number of likely N-dealkylation sites (tertiary alicyclic amines) is 1. The lowest BCUT2D eigenvalue weighted by molar-refractivity contribution is -0.128. The zero-order valence-electron chi connectivity index (χ0n) is 14.0. The molecule has 3 heterocycles. The van der Waals surface area contributed by atoms with Gasteiger partial charge in [-0.15, -0.1) is 11.3 Å². The molecule has 0 unspecified atom stereocenters. The summed E-state index contributed by atoms with van der Waals surface area (Å²) >= 11 is 3.28. The summed E-state index contributed by atoms with van der Waals surface area (Å²) in [5, 5.41) is 8.20. The van der Waals surface area contributed by atoms with Gasteiger partial charge in [0.2, 0.25) is 11.8 Å². The molecule has 2 atom stereocenters. The number of hydrogen-bond acceptors (Lipinski definition) is 5. The number of rotatable bonds is 5. The van der Waals surface area contributed by atoms with Gasteiger partial charge in [0.05, 0.1) is 17.7 Å². The van der Waals surface area contributed by atoms with Gasteiger partial charge in [-0.3, -0.25) is 9.59 Å². The molecule has 0 aromatic carbocycles. The number of carbonyl (C=O) groups is 2. The van der Waals surface area contributed by atoms with Crippen molar-refractivity contribution in [1.82, 2.24) is 15.2 Å². The molecule has 2 amide bonds. The Labute approximate surface area is 149 Å². The van der Waals surface area contributed by atoms with E-state index in [0.717, 1.165) is 17.1 Å². The van der Waals surface area contributed by atoms with Crippen LogP contribution in [0.25, 0.3) is 0 Å². The van der Waals surface area contributed by atoms with E-state index < -0.39 is 0 Å². The van der Waals surface area contributed by atoms with Gasteiger partial charge < -0.3 is 10.2 Å². The zero-order valence-corrected chi connectivity index (χ0v) is 15.7. The molecule has 24 heavy (non-hydrogen) atoms. The average Bonchev–Trinajstić information content (AvgIpc) is 3.23. The third-order valence-electron chi connectivity index (χ3n) is 4.39. The minimum Gasteiger partial charge on any atom is -0.346 e. The van der Waals surface area contributed by atoms with Crippen molar-refractivity contribution in [3.63, 3.8) is 0 Å². The van der Waals surface area contributed by atoms with Gasteiger partial charge in [0.15, 0.2) is 0 Å². The van der Waals surface area contributed by atoms with Crippen LogP contribution in [0, 0.1) is 19.8 Å². The van der Waals surface area contributed by atoms with E-state index in [0.29, 0.717) is 13.0 Å². The summed E-state index contributed by atoms with van der Waals surface area (Å²) in [5.74, 6) is -0.293. The van der Waals surface area contributed by atoms with E-state index >= 15 is 0 Å². The van der Waals surface area contributed by atoms with Crippen molar-refractivity contribution < 1.29 is 9.59 Å². The summed E-state index contributed by atoms with van der Waals surface area (Å²) in [6.45, 7) is 4.53. The van der Waals surface area contributed by atoms with Gasteiger partial charge in [-0.25, -0.2) is 4.98 Å². The summed E-state index contributed by atoms with van der Waals surface area (Å²) in [7, 11) is 1.74. The highest BCUT2D eigenvalue weighted by atomic mass is 32.1. The standard InChI is InChI=1S/C17H21N3O2S2/c1-10-11(2)24-17(18-10)14(6-12-4-5-23-9-12)19-16(22)13-7-15(21)20(3)8-13/h4-5,9,13-14H,6-8H2,1-3H3,(H,19,22)/t13-,14-/m0/s1. The van der Waals surface area contributed by atoms with Crippen LogP contribution in [0.5, 0.6) is 0 Å². The second-order valence-electron chi connectivity index (χ2n) is 6.27. The third-order valence-corrected chi connectivity index (χ3v) is 6.31. The highest BCUT2D eigenvalue weighted by molar-refractivity contribution is 7.11. The van der Waals surface area contributed by atoms with E-state index in [2.05, 4.69) is 21.7 Å². The first kappa shape index (κ1) is 17.1. The number of aryl methyl sites for hydroxylation is 2. The molecule has 1 fully saturated rings. The van der Waals surface area contributed by atoms with E-state index in [1.807, 2.05) is 19.2 Å². The Hall–Kier alpha value is -1.73. The van der Waals surface area contributed by atoms with Gasteiger partial charge in [0.1, 0.15) is 5.01 Å². The Bertz CT molecular complexity index is 720. The lowest BCUT2D eigenvalue weighted by atomic mass is 10.1. The van der Waals surface area contributed by atoms with Crippen molar-refractivity contribution in [2.24, 2.45) is 5.92 Å². The van der Waals surface area contributed by atoms with Gasteiger partial charge in [0.25, 0.3) is 0 Å². The van der Waals surface area contributed by atoms with Gasteiger partial charge in [0, 0.05) is 31.3 Å². The molecule has 1 aliphatic heterocycles. The third kappa shape index (κ3) is 3.67. The topological polar surface area (TPSA) is 62.3 Å². The van der Waals surface area contributed by atoms with Crippen LogP contribution < -0.4 is 5.32 Å². The van der Waals surface area contributed by atoms with Gasteiger partial charge in [-0.2, -0.15) is 11.3 Å². The molecule has 1 saturated heterocycles. The molecule has 7 heteroatoms. The fourth-order valence-corrected chi connectivity index (χ4v) is 4.48. The van der Waals surface area contributed by atoms with E-state index in [1.54, 1.807) is 34.6 Å². The Balaban J connectivity index is 1.77. The van der Waals surface area contributed by atoms with Crippen LogP contribution in [0.4, 0.5) is 0 Å². The second-order valence-corrected chi connectivity index (χ2v) is 8.28. The molecule has 0 bridgehead atoms. The smallest absolute Gasteiger partial charge is 0.225 e. The second kappa shape index (κ2) is 7.03. The molecule has 1 N–H and O–H groups in total. The van der Waals surface area contributed by atoms with E-state index in [4.69, 9.17) is 0 Å². The number of thiophene rings is 1. The van der Waals surface area contributed by atoms with Crippen LogP contribution in [-0.2, 0) is 16.0 Å². The molecule has 3 rings (SSSR count). The van der Waals surface area contributed by atoms with Crippen molar-refractivity contribution in [2.45, 2.75) is 32.7 Å². The number of thiazole rings is 1. The SMILES string of the molecule is Cc1nc([C@H](Cc2ccsc2)NC(=O)[C@H]2CC(=O)N(C)C2)sc1C. The van der Waals surface area contributed by atoms with Crippen LogP contribution in [0.15, 0.2) is 16.8 Å². The fourth-order valence-electron chi connectivity index (χ4n) is 2.82. The quantitative estimate of drug-likeness (QED) is 0.888. The first-order valence-corrected chi connectivity index (χ1v) is 9.69. The lowest BCUT2D eigenvalue weighted by Crippen LogP contribution is -2.36. The summed E-state index contributed by atoms with van der Waals surface area (Å²) in [6, 6.07) is 1.93. The maximum absolute atomic E-state index is 12.6. The highest BCUT2D eigenvalue weighted by Gasteiger charge is 2.33. The number of nitrogens with zero attached hydrogens (tertiary/aromatic N) is 2. The number of carbonyl (C=O) groups excluding carboxylic acids is 2.